The predicted molar refractivity (Wildman–Crippen MR) is 104 cm³/mol. The average Bonchev–Trinajstić information content (AvgIpc) is 2.68. The maximum Gasteiger partial charge on any atom is 0.269 e. The molecule has 0 aliphatic carbocycles. The number of likely N-dealkylation sites (tertiary alicyclic amines) is 1. The van der Waals surface area contributed by atoms with Crippen LogP contribution in [0.15, 0.2) is 53.4 Å². The Bertz CT molecular complexity index is 981. The van der Waals surface area contributed by atoms with E-state index in [2.05, 4.69) is 4.72 Å². The van der Waals surface area contributed by atoms with Crippen LogP contribution in [-0.2, 0) is 10.0 Å². The van der Waals surface area contributed by atoms with Crippen LogP contribution in [0.2, 0.25) is 0 Å². The summed E-state index contributed by atoms with van der Waals surface area (Å²) in [5.41, 5.74) is 1.41. The first-order chi connectivity index (χ1) is 13.3. The highest BCUT2D eigenvalue weighted by Gasteiger charge is 2.27. The molecule has 0 spiro atoms. The van der Waals surface area contributed by atoms with Gasteiger partial charge in [0.25, 0.3) is 11.6 Å². The second-order valence-corrected chi connectivity index (χ2v) is 8.47. The largest absolute Gasteiger partial charge is 0.339 e. The van der Waals surface area contributed by atoms with Gasteiger partial charge in [-0.15, -0.1) is 0 Å². The Morgan fingerprint density at radius 3 is 2.29 bits per heavy atom. The minimum absolute atomic E-state index is 0.0171. The molecule has 1 aliphatic heterocycles. The number of carbonyl (C=O) groups is 1. The highest BCUT2D eigenvalue weighted by atomic mass is 32.2. The molecule has 28 heavy (non-hydrogen) atoms. The van der Waals surface area contributed by atoms with Crippen molar-refractivity contribution in [2.75, 3.05) is 13.1 Å². The molecule has 8 nitrogen and oxygen atoms in total. The molecular formula is C19H21N3O5S. The summed E-state index contributed by atoms with van der Waals surface area (Å²) in [7, 11) is -3.78. The van der Waals surface area contributed by atoms with E-state index < -0.39 is 14.9 Å². The number of aryl methyl sites for hydroxylation is 1. The fraction of sp³-hybridized carbons (Fsp3) is 0.316. The van der Waals surface area contributed by atoms with Gasteiger partial charge in [0, 0.05) is 36.8 Å². The normalized spacial score (nSPS) is 15.4. The Hall–Kier alpha value is -2.78. The number of hydrogen-bond acceptors (Lipinski definition) is 5. The van der Waals surface area contributed by atoms with Gasteiger partial charge in [-0.25, -0.2) is 13.1 Å². The van der Waals surface area contributed by atoms with Crippen molar-refractivity contribution in [1.82, 2.24) is 9.62 Å². The van der Waals surface area contributed by atoms with Crippen molar-refractivity contribution in [2.24, 2.45) is 0 Å². The van der Waals surface area contributed by atoms with Crippen LogP contribution < -0.4 is 4.72 Å². The predicted octanol–water partition coefficient (Wildman–Crippen LogP) is 2.49. The highest BCUT2D eigenvalue weighted by molar-refractivity contribution is 7.89. The third-order valence-corrected chi connectivity index (χ3v) is 6.37. The zero-order valence-electron chi connectivity index (χ0n) is 15.4. The lowest BCUT2D eigenvalue weighted by atomic mass is 10.0. The van der Waals surface area contributed by atoms with E-state index in [1.165, 1.54) is 12.1 Å². The Kier molecular flexibility index (Phi) is 5.76. The molecule has 1 saturated heterocycles. The maximum atomic E-state index is 12.7. The Labute approximate surface area is 163 Å². The standard InChI is InChI=1S/C19H21N3O5S/c1-14-4-2-3-5-18(14)19(23)21-12-10-15(11-13-21)20-28(26,27)17-8-6-16(7-9-17)22(24)25/h2-9,15,20H,10-13H2,1H3. The molecule has 9 heteroatoms. The minimum Gasteiger partial charge on any atom is -0.339 e. The molecular weight excluding hydrogens is 382 g/mol. The molecule has 1 fully saturated rings. The maximum absolute atomic E-state index is 12.7. The third-order valence-electron chi connectivity index (χ3n) is 4.84. The molecule has 1 heterocycles. The SMILES string of the molecule is Cc1ccccc1C(=O)N1CCC(NS(=O)(=O)c2ccc([N+](=O)[O-])cc2)CC1. The number of piperidine rings is 1. The molecule has 1 N–H and O–H groups in total. The van der Waals surface area contributed by atoms with Crippen molar-refractivity contribution < 1.29 is 18.1 Å². The molecule has 0 saturated carbocycles. The highest BCUT2D eigenvalue weighted by Crippen LogP contribution is 2.20. The van der Waals surface area contributed by atoms with Gasteiger partial charge in [-0.2, -0.15) is 0 Å². The van der Waals surface area contributed by atoms with Crippen LogP contribution in [-0.4, -0.2) is 43.3 Å². The summed E-state index contributed by atoms with van der Waals surface area (Å²) >= 11 is 0. The summed E-state index contributed by atoms with van der Waals surface area (Å²) in [5, 5.41) is 10.7. The van der Waals surface area contributed by atoms with Crippen molar-refractivity contribution in [3.05, 3.63) is 69.8 Å². The molecule has 2 aromatic rings. The number of nitro benzene ring substituents is 1. The van der Waals surface area contributed by atoms with Crippen LogP contribution in [0.25, 0.3) is 0 Å². The third kappa shape index (κ3) is 4.37. The summed E-state index contributed by atoms with van der Waals surface area (Å²) in [4.78, 5) is 24.5. The Morgan fingerprint density at radius 2 is 1.71 bits per heavy atom. The van der Waals surface area contributed by atoms with Gasteiger partial charge < -0.3 is 4.90 Å². The van der Waals surface area contributed by atoms with Crippen LogP contribution in [0, 0.1) is 17.0 Å². The van der Waals surface area contributed by atoms with E-state index in [4.69, 9.17) is 0 Å². The van der Waals surface area contributed by atoms with E-state index in [0.717, 1.165) is 17.7 Å². The van der Waals surface area contributed by atoms with Gasteiger partial charge in [0.2, 0.25) is 10.0 Å². The van der Waals surface area contributed by atoms with Crippen LogP contribution >= 0.6 is 0 Å². The molecule has 1 aliphatic rings. The Balaban J connectivity index is 1.61. The van der Waals surface area contributed by atoms with E-state index in [1.54, 1.807) is 11.0 Å². The number of amides is 1. The van der Waals surface area contributed by atoms with Crippen molar-refractivity contribution in [3.63, 3.8) is 0 Å². The van der Waals surface area contributed by atoms with Gasteiger partial charge in [-0.05, 0) is 43.5 Å². The zero-order chi connectivity index (χ0) is 20.3. The Morgan fingerprint density at radius 1 is 1.11 bits per heavy atom. The molecule has 0 radical (unpaired) electrons. The minimum atomic E-state index is -3.78. The second-order valence-electron chi connectivity index (χ2n) is 6.75. The molecule has 0 unspecified atom stereocenters. The molecule has 0 bridgehead atoms. The number of benzene rings is 2. The van der Waals surface area contributed by atoms with E-state index >= 15 is 0 Å². The fourth-order valence-electron chi connectivity index (χ4n) is 3.22. The van der Waals surface area contributed by atoms with E-state index in [9.17, 15) is 23.3 Å². The number of rotatable bonds is 5. The lowest BCUT2D eigenvalue weighted by molar-refractivity contribution is -0.384. The van der Waals surface area contributed by atoms with Crippen LogP contribution in [0.5, 0.6) is 0 Å². The van der Waals surface area contributed by atoms with Gasteiger partial charge in [-0.1, -0.05) is 18.2 Å². The van der Waals surface area contributed by atoms with Gasteiger partial charge in [-0.3, -0.25) is 14.9 Å². The molecule has 148 valence electrons. The van der Waals surface area contributed by atoms with Gasteiger partial charge in [0.05, 0.1) is 9.82 Å². The number of nitrogens with one attached hydrogen (secondary N) is 1. The quantitative estimate of drug-likeness (QED) is 0.609. The molecule has 3 rings (SSSR count). The number of nitro groups is 1. The lowest BCUT2D eigenvalue weighted by Crippen LogP contribution is -2.46. The summed E-state index contributed by atoms with van der Waals surface area (Å²) < 4.78 is 27.6. The fourth-order valence-corrected chi connectivity index (χ4v) is 4.52. The second kappa shape index (κ2) is 8.07. The monoisotopic (exact) mass is 403 g/mol. The van der Waals surface area contributed by atoms with Crippen LogP contribution in [0.3, 0.4) is 0 Å². The van der Waals surface area contributed by atoms with Gasteiger partial charge >= 0.3 is 0 Å². The topological polar surface area (TPSA) is 110 Å². The van der Waals surface area contributed by atoms with Crippen molar-refractivity contribution >= 4 is 21.6 Å². The van der Waals surface area contributed by atoms with Crippen molar-refractivity contribution in [3.8, 4) is 0 Å². The summed E-state index contributed by atoms with van der Waals surface area (Å²) in [5.74, 6) is -0.0465. The van der Waals surface area contributed by atoms with Gasteiger partial charge in [0.1, 0.15) is 0 Å². The zero-order valence-corrected chi connectivity index (χ0v) is 16.2. The summed E-state index contributed by atoms with van der Waals surface area (Å²) in [6, 6.07) is 11.9. The molecule has 0 atom stereocenters. The first kappa shape index (κ1) is 20.0. The van der Waals surface area contributed by atoms with Crippen LogP contribution in [0.1, 0.15) is 28.8 Å². The van der Waals surface area contributed by atoms with Crippen molar-refractivity contribution in [2.45, 2.75) is 30.7 Å². The number of carbonyl (C=O) groups excluding carboxylic acids is 1. The van der Waals surface area contributed by atoms with Crippen LogP contribution in [0.4, 0.5) is 5.69 Å². The first-order valence-corrected chi connectivity index (χ1v) is 10.4. The molecule has 0 aromatic heterocycles. The van der Waals surface area contributed by atoms with E-state index in [0.29, 0.717) is 31.5 Å². The van der Waals surface area contributed by atoms with E-state index in [1.807, 2.05) is 25.1 Å². The lowest BCUT2D eigenvalue weighted by Gasteiger charge is -2.32. The smallest absolute Gasteiger partial charge is 0.269 e. The molecule has 1 amide bonds. The number of nitrogens with zero attached hydrogens (tertiary/aromatic N) is 2. The van der Waals surface area contributed by atoms with Crippen molar-refractivity contribution in [1.29, 1.82) is 0 Å². The average molecular weight is 403 g/mol. The van der Waals surface area contributed by atoms with Gasteiger partial charge in [0.15, 0.2) is 0 Å². The summed E-state index contributed by atoms with van der Waals surface area (Å²) in [6.07, 6.45) is 1.01. The first-order valence-electron chi connectivity index (χ1n) is 8.89. The summed E-state index contributed by atoms with van der Waals surface area (Å²) in [6.45, 7) is 2.81. The van der Waals surface area contributed by atoms with E-state index in [-0.39, 0.29) is 22.5 Å². The molecule has 2 aromatic carbocycles. The number of non-ortho nitro benzene ring substituents is 1. The number of sulfonamides is 1. The number of hydrogen-bond donors (Lipinski definition) is 1.